The number of carbonyl (C=O) groups excluding carboxylic acids is 3. The molecule has 1 aliphatic heterocycles. The summed E-state index contributed by atoms with van der Waals surface area (Å²) in [4.78, 5) is 37.4. The van der Waals surface area contributed by atoms with E-state index >= 15 is 0 Å². The summed E-state index contributed by atoms with van der Waals surface area (Å²) in [6.45, 7) is 2.12. The first-order valence-electron chi connectivity index (χ1n) is 9.65. The van der Waals surface area contributed by atoms with E-state index < -0.39 is 33.4 Å². The van der Waals surface area contributed by atoms with Crippen LogP contribution in [-0.2, 0) is 26.0 Å². The topological polar surface area (TPSA) is 125 Å². The average Bonchev–Trinajstić information content (AvgIpc) is 2.93. The number of rotatable bonds is 6. The van der Waals surface area contributed by atoms with Crippen LogP contribution in [-0.4, -0.2) is 43.9 Å². The van der Waals surface area contributed by atoms with E-state index in [0.717, 1.165) is 23.4 Å². The molecule has 0 aromatic heterocycles. The Hall–Kier alpha value is -2.46. The molecule has 1 aromatic rings. The van der Waals surface area contributed by atoms with E-state index in [-0.39, 0.29) is 11.3 Å². The van der Waals surface area contributed by atoms with E-state index in [9.17, 15) is 22.8 Å². The van der Waals surface area contributed by atoms with Crippen molar-refractivity contribution < 1.29 is 22.8 Å². The van der Waals surface area contributed by atoms with Gasteiger partial charge in [-0.25, -0.2) is 17.9 Å². The van der Waals surface area contributed by atoms with Gasteiger partial charge in [0.25, 0.3) is 5.91 Å². The number of sulfonamides is 1. The molecule has 3 rings (SSSR count). The molecule has 4 amide bonds. The van der Waals surface area contributed by atoms with Crippen LogP contribution in [0.5, 0.6) is 0 Å². The van der Waals surface area contributed by atoms with Gasteiger partial charge in [-0.2, -0.15) is 5.01 Å². The number of imide groups is 1. The van der Waals surface area contributed by atoms with Crippen LogP contribution in [0.3, 0.4) is 0 Å². The zero-order chi connectivity index (χ0) is 21.2. The van der Waals surface area contributed by atoms with Crippen molar-refractivity contribution >= 4 is 27.9 Å². The molecule has 0 unspecified atom stereocenters. The number of amides is 4. The molecule has 2 aliphatic rings. The van der Waals surface area contributed by atoms with E-state index in [1.165, 1.54) is 19.2 Å². The summed E-state index contributed by atoms with van der Waals surface area (Å²) in [6.07, 6.45) is 3.26. The van der Waals surface area contributed by atoms with Gasteiger partial charge in [0.15, 0.2) is 0 Å². The third-order valence-electron chi connectivity index (χ3n) is 5.67. The Morgan fingerprint density at radius 2 is 1.83 bits per heavy atom. The van der Waals surface area contributed by atoms with Crippen LogP contribution in [0.4, 0.5) is 4.79 Å². The summed E-state index contributed by atoms with van der Waals surface area (Å²) in [5.74, 6) is -0.338. The highest BCUT2D eigenvalue weighted by atomic mass is 32.2. The number of hydrogen-bond acceptors (Lipinski definition) is 5. The fourth-order valence-electron chi connectivity index (χ4n) is 3.71. The Labute approximate surface area is 170 Å². The van der Waals surface area contributed by atoms with Crippen molar-refractivity contribution in [2.45, 2.75) is 55.9 Å². The van der Waals surface area contributed by atoms with Gasteiger partial charge >= 0.3 is 6.03 Å². The van der Waals surface area contributed by atoms with E-state index in [0.29, 0.717) is 25.2 Å². The van der Waals surface area contributed by atoms with Crippen LogP contribution >= 0.6 is 0 Å². The molecule has 9 nitrogen and oxygen atoms in total. The van der Waals surface area contributed by atoms with Gasteiger partial charge in [-0.3, -0.25) is 15.0 Å². The molecule has 2 fully saturated rings. The van der Waals surface area contributed by atoms with E-state index in [1.54, 1.807) is 12.1 Å². The van der Waals surface area contributed by atoms with Gasteiger partial charge in [0, 0.05) is 6.42 Å². The van der Waals surface area contributed by atoms with Crippen molar-refractivity contribution in [3.05, 3.63) is 29.8 Å². The zero-order valence-corrected chi connectivity index (χ0v) is 17.3. The largest absolute Gasteiger partial charge is 0.344 e. The van der Waals surface area contributed by atoms with E-state index in [4.69, 9.17) is 0 Å². The minimum Gasteiger partial charge on any atom is -0.322 e. The van der Waals surface area contributed by atoms with Crippen LogP contribution < -0.4 is 15.5 Å². The number of hydrazine groups is 1. The molecular formula is C19H26N4O5S. The van der Waals surface area contributed by atoms with Gasteiger partial charge in [0.1, 0.15) is 5.54 Å². The summed E-state index contributed by atoms with van der Waals surface area (Å²) in [6, 6.07) is 5.58. The lowest BCUT2D eigenvalue weighted by Gasteiger charge is -2.33. The number of hydrogen-bond donors (Lipinski definition) is 3. The van der Waals surface area contributed by atoms with Crippen LogP contribution in [0.25, 0.3) is 0 Å². The Morgan fingerprint density at radius 3 is 2.41 bits per heavy atom. The predicted molar refractivity (Wildman–Crippen MR) is 105 cm³/mol. The normalized spacial score (nSPS) is 24.6. The molecule has 0 atom stereocenters. The lowest BCUT2D eigenvalue weighted by atomic mass is 9.77. The van der Waals surface area contributed by atoms with Gasteiger partial charge in [-0.1, -0.05) is 19.1 Å². The summed E-state index contributed by atoms with van der Waals surface area (Å²) in [7, 11) is -2.17. The quantitative estimate of drug-likeness (QED) is 0.591. The predicted octanol–water partition coefficient (Wildman–Crippen LogP) is 1.06. The first-order valence-corrected chi connectivity index (χ1v) is 11.1. The number of nitrogens with zero attached hydrogens (tertiary/aromatic N) is 1. The first kappa shape index (κ1) is 21.3. The maximum Gasteiger partial charge on any atom is 0.344 e. The average molecular weight is 423 g/mol. The van der Waals surface area contributed by atoms with Gasteiger partial charge in [-0.05, 0) is 62.8 Å². The first-order chi connectivity index (χ1) is 13.7. The molecule has 1 heterocycles. The Morgan fingerprint density at radius 1 is 1.21 bits per heavy atom. The fourth-order valence-corrected chi connectivity index (χ4v) is 4.44. The number of aryl methyl sites for hydroxylation is 1. The molecule has 1 aliphatic carbocycles. The van der Waals surface area contributed by atoms with Crippen LogP contribution in [0, 0.1) is 5.92 Å². The number of carbonyl (C=O) groups is 3. The Bertz CT molecular complexity index is 905. The Kier molecular flexibility index (Phi) is 5.95. The van der Waals surface area contributed by atoms with Crippen LogP contribution in [0.2, 0.25) is 0 Å². The monoisotopic (exact) mass is 422 g/mol. The summed E-state index contributed by atoms with van der Waals surface area (Å²) in [5, 5.41) is 3.55. The molecule has 0 radical (unpaired) electrons. The lowest BCUT2D eigenvalue weighted by Crippen LogP contribution is -2.51. The number of benzene rings is 1. The van der Waals surface area contributed by atoms with Crippen LogP contribution in [0.15, 0.2) is 29.2 Å². The van der Waals surface area contributed by atoms with Gasteiger partial charge < -0.3 is 5.32 Å². The second kappa shape index (κ2) is 8.11. The minimum atomic E-state index is -3.51. The standard InChI is InChI=1S/C19H26N4O5S/c1-13-9-11-19(12-10-13)17(25)23(18(26)21-19)22-16(24)8-5-14-3-6-15(7-4-14)29(27,28)20-2/h3-4,6-7,13,20H,5,8-12H2,1-2H3,(H,21,26)(H,22,24). The summed E-state index contributed by atoms with van der Waals surface area (Å²) >= 11 is 0. The maximum atomic E-state index is 12.7. The maximum absolute atomic E-state index is 12.7. The van der Waals surface area contributed by atoms with Gasteiger partial charge in [0.05, 0.1) is 4.90 Å². The Balaban J connectivity index is 1.56. The highest BCUT2D eigenvalue weighted by Gasteiger charge is 2.52. The zero-order valence-electron chi connectivity index (χ0n) is 16.5. The molecule has 0 bridgehead atoms. The third-order valence-corrected chi connectivity index (χ3v) is 7.10. The van der Waals surface area contributed by atoms with Gasteiger partial charge in [-0.15, -0.1) is 0 Å². The molecule has 3 N–H and O–H groups in total. The molecule has 158 valence electrons. The summed E-state index contributed by atoms with van der Waals surface area (Å²) in [5.41, 5.74) is 2.27. The second-order valence-electron chi connectivity index (χ2n) is 7.72. The highest BCUT2D eigenvalue weighted by Crippen LogP contribution is 2.35. The smallest absolute Gasteiger partial charge is 0.322 e. The van der Waals surface area contributed by atoms with Crippen molar-refractivity contribution in [1.82, 2.24) is 20.5 Å². The number of nitrogens with one attached hydrogen (secondary N) is 3. The molecule has 1 aromatic carbocycles. The highest BCUT2D eigenvalue weighted by molar-refractivity contribution is 7.89. The molecular weight excluding hydrogens is 396 g/mol. The van der Waals surface area contributed by atoms with Crippen molar-refractivity contribution in [2.24, 2.45) is 5.92 Å². The molecule has 29 heavy (non-hydrogen) atoms. The van der Waals surface area contributed by atoms with Crippen molar-refractivity contribution in [1.29, 1.82) is 0 Å². The lowest BCUT2D eigenvalue weighted by molar-refractivity contribution is -0.140. The molecule has 1 spiro atoms. The third kappa shape index (κ3) is 4.43. The van der Waals surface area contributed by atoms with Gasteiger partial charge in [0.2, 0.25) is 15.9 Å². The van der Waals surface area contributed by atoms with Crippen molar-refractivity contribution in [2.75, 3.05) is 7.05 Å². The van der Waals surface area contributed by atoms with Crippen molar-refractivity contribution in [3.63, 3.8) is 0 Å². The van der Waals surface area contributed by atoms with Crippen LogP contribution in [0.1, 0.15) is 44.6 Å². The fraction of sp³-hybridized carbons (Fsp3) is 0.526. The molecule has 1 saturated heterocycles. The molecule has 1 saturated carbocycles. The SMILES string of the molecule is CNS(=O)(=O)c1ccc(CCC(=O)NN2C(=O)NC3(CCC(C)CC3)C2=O)cc1. The molecule has 10 heteroatoms. The minimum absolute atomic E-state index is 0.0548. The van der Waals surface area contributed by atoms with E-state index in [2.05, 4.69) is 22.4 Å². The second-order valence-corrected chi connectivity index (χ2v) is 9.61. The number of urea groups is 1. The van der Waals surface area contributed by atoms with Crippen molar-refractivity contribution in [3.8, 4) is 0 Å². The van der Waals surface area contributed by atoms with E-state index in [1.807, 2.05) is 0 Å². The summed E-state index contributed by atoms with van der Waals surface area (Å²) < 4.78 is 25.7.